The van der Waals surface area contributed by atoms with Crippen molar-refractivity contribution in [1.29, 1.82) is 0 Å². The van der Waals surface area contributed by atoms with E-state index in [9.17, 15) is 42.7 Å². The van der Waals surface area contributed by atoms with E-state index in [1.54, 1.807) is 12.1 Å². The van der Waals surface area contributed by atoms with E-state index >= 15 is 0 Å². The monoisotopic (exact) mass is 773 g/mol. The molecule has 0 saturated carbocycles. The Morgan fingerprint density at radius 2 is 2.00 bits per heavy atom. The van der Waals surface area contributed by atoms with Crippen LogP contribution >= 0.6 is 0 Å². The number of hydrogen-bond acceptors (Lipinski definition) is 13. The lowest BCUT2D eigenvalue weighted by atomic mass is 9.76. The van der Waals surface area contributed by atoms with E-state index in [0.29, 0.717) is 12.0 Å². The van der Waals surface area contributed by atoms with Crippen LogP contribution in [-0.4, -0.2) is 86.7 Å². The number of rotatable bonds is 18. The Balaban J connectivity index is 1.57. The first-order valence-electron chi connectivity index (χ1n) is 17.4. The highest BCUT2D eigenvalue weighted by Gasteiger charge is 2.50. The van der Waals surface area contributed by atoms with Gasteiger partial charge in [-0.1, -0.05) is 42.6 Å². The number of aliphatic hydroxyl groups is 1. The number of aliphatic imine (C=N–C) groups is 1. The fraction of sp³-hybridized carbons (Fsp3) is 0.472. The van der Waals surface area contributed by atoms with Gasteiger partial charge in [0.1, 0.15) is 17.3 Å². The van der Waals surface area contributed by atoms with Gasteiger partial charge in [-0.25, -0.2) is 9.79 Å². The van der Waals surface area contributed by atoms with Gasteiger partial charge in [-0.15, -0.1) is 6.58 Å². The third-order valence-electron chi connectivity index (χ3n) is 9.03. The average Bonchev–Trinajstić information content (AvgIpc) is 3.51. The Morgan fingerprint density at radius 3 is 2.61 bits per heavy atom. The molecule has 7 N–H and O–H groups in total. The van der Waals surface area contributed by atoms with Crippen LogP contribution in [0.3, 0.4) is 0 Å². The van der Waals surface area contributed by atoms with Gasteiger partial charge in [-0.2, -0.15) is 12.7 Å². The van der Waals surface area contributed by atoms with Crippen LogP contribution in [0.4, 0.5) is 0 Å². The van der Waals surface area contributed by atoms with Gasteiger partial charge in [0, 0.05) is 17.9 Å². The van der Waals surface area contributed by atoms with Crippen LogP contribution < -0.4 is 15.8 Å². The number of carbonyl (C=O) groups is 3. The number of phenolic OH excluding ortho intramolecular Hbond substituents is 1. The lowest BCUT2D eigenvalue weighted by Crippen LogP contribution is -2.64. The number of unbranched alkanes of at least 4 members (excludes halogenated alkanes) is 2. The molecule has 3 aliphatic rings. The minimum atomic E-state index is -5.16. The van der Waals surface area contributed by atoms with Gasteiger partial charge in [-0.3, -0.25) is 14.1 Å². The largest absolute Gasteiger partial charge is 0.507 e. The highest BCUT2D eigenvalue weighted by molar-refractivity contribution is 7.84. The maximum Gasteiger partial charge on any atom is 0.366 e. The third kappa shape index (κ3) is 9.93. The van der Waals surface area contributed by atoms with E-state index in [4.69, 9.17) is 20.0 Å². The van der Waals surface area contributed by atoms with Crippen molar-refractivity contribution < 1.29 is 57.0 Å². The molecular formula is C36H47N5O12S. The number of allylic oxidation sites excluding steroid dienone is 3. The fourth-order valence-corrected chi connectivity index (χ4v) is 6.82. The van der Waals surface area contributed by atoms with Gasteiger partial charge in [-0.05, 0) is 82.2 Å². The summed E-state index contributed by atoms with van der Waals surface area (Å²) in [5, 5.41) is 37.4. The van der Waals surface area contributed by atoms with E-state index < -0.39 is 64.2 Å². The highest BCUT2D eigenvalue weighted by atomic mass is 32.2. The van der Waals surface area contributed by atoms with Gasteiger partial charge in [0.25, 0.3) is 11.8 Å². The molecule has 0 spiro atoms. The summed E-state index contributed by atoms with van der Waals surface area (Å²) < 4.78 is 45.2. The molecule has 2 amide bonds. The Kier molecular flexibility index (Phi) is 13.4. The van der Waals surface area contributed by atoms with Gasteiger partial charge in [0.05, 0.1) is 18.0 Å². The lowest BCUT2D eigenvalue weighted by molar-refractivity contribution is -0.210. The maximum atomic E-state index is 13.4. The number of amidine groups is 1. The standard InChI is InChI=1S/C36H47N5O12S/c1-6-8-9-10-21-18-26(42)29(23-17-20(3)11-12-22(23)7-2)27(19-21)52-35(47)51-16-15-25-31(33(44)41(25)54(48,49)50)39-32(43)30(24-13-14-28(37)38-24)40-53-36(4,5)34(45)46/h7,13,15,17-19,22-23,31,35,42,47H,2,6,8-12,14,16H2,1,3-5H3,(H2,37,38)(H,39,43)(H,45,46)(H,48,49,50)/b25-15+,40-30-/t22-,23-,31+,35?/m1/s1. The molecule has 1 aliphatic carbocycles. The van der Waals surface area contributed by atoms with Crippen LogP contribution in [0.5, 0.6) is 11.5 Å². The second kappa shape index (κ2) is 17.4. The normalized spacial score (nSPS) is 21.8. The predicted molar refractivity (Wildman–Crippen MR) is 196 cm³/mol. The molecular weight excluding hydrogens is 726 g/mol. The van der Waals surface area contributed by atoms with Crippen molar-refractivity contribution in [1.82, 2.24) is 9.62 Å². The quantitative estimate of drug-likeness (QED) is 0.0238. The number of ether oxygens (including phenoxy) is 2. The second-order valence-corrected chi connectivity index (χ2v) is 14.8. The van der Waals surface area contributed by atoms with E-state index in [-0.39, 0.29) is 45.6 Å². The summed E-state index contributed by atoms with van der Waals surface area (Å²) in [5.74, 6) is -3.87. The number of nitrogens with one attached hydrogen (secondary N) is 1. The van der Waals surface area contributed by atoms with Gasteiger partial charge in [0.15, 0.2) is 11.8 Å². The first-order chi connectivity index (χ1) is 25.4. The second-order valence-electron chi connectivity index (χ2n) is 13.6. The summed E-state index contributed by atoms with van der Waals surface area (Å²) in [7, 11) is -5.16. The van der Waals surface area contributed by atoms with Gasteiger partial charge < -0.3 is 40.7 Å². The molecule has 2 aliphatic heterocycles. The predicted octanol–water partition coefficient (Wildman–Crippen LogP) is 3.32. The minimum absolute atomic E-state index is 0.0173. The number of nitrogens with two attached hydrogens (primary N) is 1. The van der Waals surface area contributed by atoms with Crippen LogP contribution in [-0.2, 0) is 40.7 Å². The van der Waals surface area contributed by atoms with Crippen LogP contribution in [0.15, 0.2) is 70.1 Å². The SMILES string of the molecule is C=C[C@@H]1CCC(C)=C[C@H]1c1c(O)cc(CCCCC)cc1OC(O)OC/C=C1\[C@H](NC(=O)/C(=N\OC(C)(C)C(=O)O)C2=CCC(N)=N2)C(=O)N1S(=O)(=O)O. The molecule has 54 heavy (non-hydrogen) atoms. The molecule has 294 valence electrons. The van der Waals surface area contributed by atoms with Crippen molar-refractivity contribution >= 4 is 39.6 Å². The summed E-state index contributed by atoms with van der Waals surface area (Å²) in [6, 6.07) is 1.73. The first kappa shape index (κ1) is 41.7. The zero-order chi connectivity index (χ0) is 40.0. The number of aliphatic hydroxyl groups excluding tert-OH is 1. The van der Waals surface area contributed by atoms with Crippen LogP contribution in [0.1, 0.15) is 83.3 Å². The number of oxime groups is 1. The summed E-state index contributed by atoms with van der Waals surface area (Å²) in [5.41, 5.74) is 5.04. The highest BCUT2D eigenvalue weighted by Crippen LogP contribution is 2.45. The van der Waals surface area contributed by atoms with E-state index in [2.05, 4.69) is 29.0 Å². The number of aromatic hydroxyl groups is 1. The maximum absolute atomic E-state index is 13.4. The molecule has 4 rings (SSSR count). The van der Waals surface area contributed by atoms with Gasteiger partial charge >= 0.3 is 22.7 Å². The Bertz CT molecular complexity index is 1920. The van der Waals surface area contributed by atoms with Crippen molar-refractivity contribution in [2.75, 3.05) is 6.61 Å². The van der Waals surface area contributed by atoms with Crippen molar-refractivity contribution in [3.05, 3.63) is 71.1 Å². The van der Waals surface area contributed by atoms with Crippen LogP contribution in [0.2, 0.25) is 0 Å². The molecule has 1 unspecified atom stereocenters. The summed E-state index contributed by atoms with van der Waals surface area (Å²) in [6.45, 7) is 7.81. The number of nitrogens with zero attached hydrogens (tertiary/aromatic N) is 3. The number of carboxylic acid groups (broad SMARTS) is 1. The molecule has 2 heterocycles. The number of benzene rings is 1. The summed E-state index contributed by atoms with van der Waals surface area (Å²) in [6.07, 6.45) is 11.5. The lowest BCUT2D eigenvalue weighted by Gasteiger charge is -2.38. The fourth-order valence-electron chi connectivity index (χ4n) is 6.04. The number of amides is 2. The molecule has 4 atom stereocenters. The molecule has 17 nitrogen and oxygen atoms in total. The van der Waals surface area contributed by atoms with E-state index in [1.807, 2.05) is 19.1 Å². The number of aryl methyl sites for hydroxylation is 1. The number of hydrogen-bond donors (Lipinski definition) is 6. The molecule has 1 fully saturated rings. The third-order valence-corrected chi connectivity index (χ3v) is 9.88. The number of aliphatic carboxylic acids is 1. The molecule has 0 radical (unpaired) electrons. The molecule has 0 aromatic heterocycles. The van der Waals surface area contributed by atoms with E-state index in [1.165, 1.54) is 19.9 Å². The number of carbonyl (C=O) groups excluding carboxylic acids is 2. The number of carboxylic acids is 1. The number of β-lactam (4-membered cyclic amide) rings is 1. The topological polar surface area (TPSA) is 260 Å². The first-order valence-corrected chi connectivity index (χ1v) is 18.7. The molecule has 0 bridgehead atoms. The van der Waals surface area contributed by atoms with Crippen molar-refractivity contribution in [3.8, 4) is 11.5 Å². The minimum Gasteiger partial charge on any atom is -0.507 e. The zero-order valence-corrected chi connectivity index (χ0v) is 31.3. The van der Waals surface area contributed by atoms with Crippen LogP contribution in [0, 0.1) is 5.92 Å². The van der Waals surface area contributed by atoms with Crippen molar-refractivity contribution in [3.63, 3.8) is 0 Å². The average molecular weight is 774 g/mol. The van der Waals surface area contributed by atoms with Crippen LogP contribution in [0.25, 0.3) is 0 Å². The summed E-state index contributed by atoms with van der Waals surface area (Å²) in [4.78, 5) is 46.8. The van der Waals surface area contributed by atoms with Crippen molar-refractivity contribution in [2.45, 2.75) is 96.7 Å². The van der Waals surface area contributed by atoms with Crippen molar-refractivity contribution in [2.24, 2.45) is 21.8 Å². The Hall–Kier alpha value is -5.04. The van der Waals surface area contributed by atoms with E-state index in [0.717, 1.165) is 49.3 Å². The molecule has 1 saturated heterocycles. The smallest absolute Gasteiger partial charge is 0.366 e. The number of phenols is 1. The van der Waals surface area contributed by atoms with Gasteiger partial charge in [0.2, 0.25) is 5.60 Å². The Labute approximate surface area is 313 Å². The zero-order valence-electron chi connectivity index (χ0n) is 30.5. The molecule has 18 heteroatoms. The Morgan fingerprint density at radius 1 is 1.28 bits per heavy atom. The molecule has 1 aromatic rings. The molecule has 1 aromatic carbocycles. The summed E-state index contributed by atoms with van der Waals surface area (Å²) >= 11 is 0.